The van der Waals surface area contributed by atoms with Gasteiger partial charge in [0.1, 0.15) is 11.0 Å². The van der Waals surface area contributed by atoms with Crippen LogP contribution < -0.4 is 4.80 Å². The van der Waals surface area contributed by atoms with E-state index in [2.05, 4.69) is 10.1 Å². The Morgan fingerprint density at radius 1 is 1.17 bits per heavy atom. The largest absolute Gasteiger partial charge is 0.394 e. The number of aliphatic hydroxyl groups is 1. The van der Waals surface area contributed by atoms with Crippen LogP contribution in [0.4, 0.5) is 0 Å². The number of nitrogens with zero attached hydrogens (tertiary/aromatic N) is 3. The Morgan fingerprint density at radius 3 is 2.52 bits per heavy atom. The van der Waals surface area contributed by atoms with E-state index in [-0.39, 0.29) is 12.6 Å². The first kappa shape index (κ1) is 15.9. The molecule has 0 saturated heterocycles. The maximum Gasteiger partial charge on any atom is 0.203 e. The number of rotatable bonds is 4. The molecule has 118 valence electrons. The minimum atomic E-state index is -0.291. The van der Waals surface area contributed by atoms with Crippen LogP contribution in [-0.4, -0.2) is 21.5 Å². The standard InChI is InChI=1S/C17H16ClN3OS/c1-21-17(19-15(11-22)12-5-3-2-4-6-12)23-16(20-21)13-7-9-14(18)10-8-13/h2-10,15,22H,11H2,1H3/b19-17+/t15-/m1/s1. The van der Waals surface area contributed by atoms with Crippen molar-refractivity contribution >= 4 is 22.9 Å². The van der Waals surface area contributed by atoms with E-state index in [0.29, 0.717) is 5.02 Å². The predicted molar refractivity (Wildman–Crippen MR) is 93.4 cm³/mol. The molecule has 0 aliphatic heterocycles. The summed E-state index contributed by atoms with van der Waals surface area (Å²) in [6.45, 7) is -0.0435. The number of aliphatic hydroxyl groups excluding tert-OH is 1. The lowest BCUT2D eigenvalue weighted by molar-refractivity contribution is 0.266. The number of halogens is 1. The second-order valence-corrected chi connectivity index (χ2v) is 6.45. The summed E-state index contributed by atoms with van der Waals surface area (Å²) in [5, 5.41) is 15.7. The van der Waals surface area contributed by atoms with Crippen LogP contribution in [0.5, 0.6) is 0 Å². The van der Waals surface area contributed by atoms with Gasteiger partial charge in [-0.25, -0.2) is 9.67 Å². The maximum absolute atomic E-state index is 9.65. The van der Waals surface area contributed by atoms with E-state index in [4.69, 9.17) is 11.6 Å². The predicted octanol–water partition coefficient (Wildman–Crippen LogP) is 3.44. The molecule has 0 aliphatic carbocycles. The molecule has 3 aromatic rings. The second-order valence-electron chi connectivity index (χ2n) is 5.06. The van der Waals surface area contributed by atoms with Crippen molar-refractivity contribution in [2.24, 2.45) is 12.0 Å². The highest BCUT2D eigenvalue weighted by atomic mass is 35.5. The van der Waals surface area contributed by atoms with Crippen molar-refractivity contribution in [3.8, 4) is 10.6 Å². The Bertz CT molecular complexity index is 840. The van der Waals surface area contributed by atoms with Crippen molar-refractivity contribution in [1.82, 2.24) is 9.78 Å². The molecule has 3 rings (SSSR count). The summed E-state index contributed by atoms with van der Waals surface area (Å²) in [6, 6.07) is 17.0. The minimum Gasteiger partial charge on any atom is -0.394 e. The molecule has 1 N–H and O–H groups in total. The number of aryl methyl sites for hydroxylation is 1. The Hall–Kier alpha value is -1.95. The number of hydrogen-bond acceptors (Lipinski definition) is 4. The number of benzene rings is 2. The van der Waals surface area contributed by atoms with Crippen molar-refractivity contribution in [2.45, 2.75) is 6.04 Å². The quantitative estimate of drug-likeness (QED) is 0.787. The van der Waals surface area contributed by atoms with Gasteiger partial charge in [0.25, 0.3) is 0 Å². The molecule has 6 heteroatoms. The molecule has 0 spiro atoms. The molecule has 1 aromatic heterocycles. The molecule has 2 aromatic carbocycles. The summed E-state index contributed by atoms with van der Waals surface area (Å²) >= 11 is 7.41. The Labute approximate surface area is 143 Å². The highest BCUT2D eigenvalue weighted by Gasteiger charge is 2.10. The zero-order valence-corrected chi connectivity index (χ0v) is 14.1. The fourth-order valence-corrected chi connectivity index (χ4v) is 3.27. The minimum absolute atomic E-state index is 0.0435. The topological polar surface area (TPSA) is 50.4 Å². The van der Waals surface area contributed by atoms with Gasteiger partial charge >= 0.3 is 0 Å². The smallest absolute Gasteiger partial charge is 0.203 e. The summed E-state index contributed by atoms with van der Waals surface area (Å²) in [7, 11) is 1.86. The van der Waals surface area contributed by atoms with Crippen molar-refractivity contribution in [1.29, 1.82) is 0 Å². The number of aromatic nitrogens is 2. The van der Waals surface area contributed by atoms with Gasteiger partial charge in [-0.15, -0.1) is 0 Å². The van der Waals surface area contributed by atoms with E-state index < -0.39 is 0 Å². The lowest BCUT2D eigenvalue weighted by Gasteiger charge is -2.08. The fraction of sp³-hybridized carbons (Fsp3) is 0.176. The van der Waals surface area contributed by atoms with E-state index in [1.807, 2.05) is 61.6 Å². The molecule has 0 saturated carbocycles. The van der Waals surface area contributed by atoms with Crippen LogP contribution in [0.15, 0.2) is 59.6 Å². The Balaban J connectivity index is 1.98. The molecule has 0 amide bonds. The van der Waals surface area contributed by atoms with Gasteiger partial charge in [-0.2, -0.15) is 5.10 Å². The lowest BCUT2D eigenvalue weighted by atomic mass is 10.1. The van der Waals surface area contributed by atoms with Gasteiger partial charge in [0.15, 0.2) is 0 Å². The monoisotopic (exact) mass is 345 g/mol. The average Bonchev–Trinajstić information content (AvgIpc) is 2.95. The summed E-state index contributed by atoms with van der Waals surface area (Å²) in [5.74, 6) is 0. The highest BCUT2D eigenvalue weighted by Crippen LogP contribution is 2.22. The molecule has 0 fully saturated rings. The maximum atomic E-state index is 9.65. The molecule has 4 nitrogen and oxygen atoms in total. The third-order valence-electron chi connectivity index (χ3n) is 3.42. The van der Waals surface area contributed by atoms with Gasteiger partial charge in [0.05, 0.1) is 6.61 Å². The van der Waals surface area contributed by atoms with Crippen LogP contribution in [-0.2, 0) is 7.05 Å². The van der Waals surface area contributed by atoms with Gasteiger partial charge < -0.3 is 5.11 Å². The van der Waals surface area contributed by atoms with Crippen LogP contribution in [0.2, 0.25) is 5.02 Å². The van der Waals surface area contributed by atoms with Gasteiger partial charge in [-0.3, -0.25) is 0 Å². The van der Waals surface area contributed by atoms with Crippen LogP contribution in [0.3, 0.4) is 0 Å². The second kappa shape index (κ2) is 7.08. The van der Waals surface area contributed by atoms with E-state index >= 15 is 0 Å². The van der Waals surface area contributed by atoms with Gasteiger partial charge in [-0.05, 0) is 17.7 Å². The molecule has 1 heterocycles. The van der Waals surface area contributed by atoms with E-state index in [1.54, 1.807) is 4.68 Å². The van der Waals surface area contributed by atoms with Crippen LogP contribution in [0, 0.1) is 0 Å². The first-order valence-corrected chi connectivity index (χ1v) is 8.36. The van der Waals surface area contributed by atoms with Crippen LogP contribution in [0.25, 0.3) is 10.6 Å². The Kier molecular flexibility index (Phi) is 4.91. The van der Waals surface area contributed by atoms with E-state index in [1.165, 1.54) is 11.3 Å². The first-order chi connectivity index (χ1) is 11.2. The van der Waals surface area contributed by atoms with Crippen molar-refractivity contribution < 1.29 is 5.11 Å². The third kappa shape index (κ3) is 3.69. The summed E-state index contributed by atoms with van der Waals surface area (Å²) in [6.07, 6.45) is 0. The molecule has 0 radical (unpaired) electrons. The zero-order chi connectivity index (χ0) is 16.2. The normalized spacial score (nSPS) is 13.3. The molecular formula is C17H16ClN3OS. The third-order valence-corrected chi connectivity index (χ3v) is 4.74. The highest BCUT2D eigenvalue weighted by molar-refractivity contribution is 7.12. The van der Waals surface area contributed by atoms with Crippen LogP contribution in [0.1, 0.15) is 11.6 Å². The molecule has 1 atom stereocenters. The lowest BCUT2D eigenvalue weighted by Crippen LogP contribution is -2.15. The summed E-state index contributed by atoms with van der Waals surface area (Å²) < 4.78 is 1.74. The van der Waals surface area contributed by atoms with Gasteiger partial charge in [-0.1, -0.05) is 65.4 Å². The van der Waals surface area contributed by atoms with E-state index in [9.17, 15) is 5.11 Å². The molecule has 0 bridgehead atoms. The van der Waals surface area contributed by atoms with Crippen LogP contribution >= 0.6 is 22.9 Å². The molecule has 0 aliphatic rings. The summed E-state index contributed by atoms with van der Waals surface area (Å²) in [4.78, 5) is 5.42. The average molecular weight is 346 g/mol. The van der Waals surface area contributed by atoms with Crippen molar-refractivity contribution in [3.05, 3.63) is 70.0 Å². The Morgan fingerprint density at radius 2 is 1.87 bits per heavy atom. The van der Waals surface area contributed by atoms with Crippen molar-refractivity contribution in [2.75, 3.05) is 6.61 Å². The molecule has 0 unspecified atom stereocenters. The van der Waals surface area contributed by atoms with Crippen molar-refractivity contribution in [3.63, 3.8) is 0 Å². The fourth-order valence-electron chi connectivity index (χ4n) is 2.20. The van der Waals surface area contributed by atoms with E-state index in [0.717, 1.165) is 20.9 Å². The SMILES string of the molecule is Cn1nc(-c2ccc(Cl)cc2)s/c1=N/[C@H](CO)c1ccccc1. The number of hydrogen-bond donors (Lipinski definition) is 1. The summed E-state index contributed by atoms with van der Waals surface area (Å²) in [5.41, 5.74) is 1.98. The zero-order valence-electron chi connectivity index (χ0n) is 12.6. The molecular weight excluding hydrogens is 330 g/mol. The molecule has 23 heavy (non-hydrogen) atoms. The first-order valence-electron chi connectivity index (χ1n) is 7.17. The van der Waals surface area contributed by atoms with Gasteiger partial charge in [0, 0.05) is 17.6 Å². The van der Waals surface area contributed by atoms with Gasteiger partial charge in [0.2, 0.25) is 4.80 Å².